The quantitative estimate of drug-likeness (QED) is 0.0840. The van der Waals surface area contributed by atoms with Gasteiger partial charge in [-0.15, -0.1) is 0 Å². The maximum atomic E-state index is 14.4. The van der Waals surface area contributed by atoms with Crippen LogP contribution in [0.3, 0.4) is 0 Å². The van der Waals surface area contributed by atoms with Crippen LogP contribution in [0.1, 0.15) is 82.5 Å². The van der Waals surface area contributed by atoms with Gasteiger partial charge >= 0.3 is 0 Å². The largest absolute Gasteiger partial charge is 0.384 e. The number of imidazole rings is 1. The highest BCUT2D eigenvalue weighted by Crippen LogP contribution is 2.29. The van der Waals surface area contributed by atoms with Crippen molar-refractivity contribution in [3.8, 4) is 0 Å². The Labute approximate surface area is 300 Å². The number of carbonyl (C=O) groups is 1. The molecule has 1 fully saturated rings. The Bertz CT molecular complexity index is 2130. The van der Waals surface area contributed by atoms with Gasteiger partial charge in [-0.25, -0.2) is 4.98 Å². The zero-order valence-electron chi connectivity index (χ0n) is 29.4. The number of aryl methyl sites for hydroxylation is 3. The minimum Gasteiger partial charge on any atom is -0.384 e. The molecule has 0 radical (unpaired) electrons. The van der Waals surface area contributed by atoms with Crippen molar-refractivity contribution in [2.45, 2.75) is 77.5 Å². The lowest BCUT2D eigenvalue weighted by Gasteiger charge is -2.24. The first-order valence-corrected chi connectivity index (χ1v) is 18.4. The molecule has 1 aliphatic carbocycles. The molecule has 0 bridgehead atoms. The van der Waals surface area contributed by atoms with Crippen molar-refractivity contribution in [3.05, 3.63) is 148 Å². The number of nitrogen functional groups attached to an aromatic ring is 1. The SMILES string of the molecule is N=C(N)c1ccc(CCc2nc3cc(C(=O)N(Cc4ccc(CN)cc4)Cc4ccc5ccccc5c4)ccc3n2CCC2CCCCC2)cc1. The molecule has 1 heterocycles. The Morgan fingerprint density at radius 1 is 0.745 bits per heavy atom. The molecule has 6 aromatic rings. The molecule has 51 heavy (non-hydrogen) atoms. The number of nitrogens with zero attached hydrogens (tertiary/aromatic N) is 3. The summed E-state index contributed by atoms with van der Waals surface area (Å²) in [5.41, 5.74) is 19.3. The number of hydrogen-bond donors (Lipinski definition) is 3. The zero-order chi connectivity index (χ0) is 35.2. The van der Waals surface area contributed by atoms with Gasteiger partial charge in [0.1, 0.15) is 11.7 Å². The number of carbonyl (C=O) groups excluding carboxylic acids is 1. The van der Waals surface area contributed by atoms with Gasteiger partial charge in [-0.2, -0.15) is 0 Å². The van der Waals surface area contributed by atoms with Crippen molar-refractivity contribution >= 4 is 33.5 Å². The molecule has 0 unspecified atom stereocenters. The number of fused-ring (bicyclic) bond motifs is 2. The van der Waals surface area contributed by atoms with Gasteiger partial charge < -0.3 is 20.9 Å². The molecule has 0 aliphatic heterocycles. The average molecular weight is 677 g/mol. The van der Waals surface area contributed by atoms with E-state index in [2.05, 4.69) is 77.4 Å². The molecule has 0 spiro atoms. The van der Waals surface area contributed by atoms with Gasteiger partial charge in [0.2, 0.25) is 0 Å². The highest BCUT2D eigenvalue weighted by atomic mass is 16.2. The van der Waals surface area contributed by atoms with Gasteiger partial charge in [0, 0.05) is 43.7 Å². The lowest BCUT2D eigenvalue weighted by atomic mass is 9.87. The molecule has 7 heteroatoms. The number of amidine groups is 1. The first-order chi connectivity index (χ1) is 24.9. The lowest BCUT2D eigenvalue weighted by Crippen LogP contribution is -2.30. The van der Waals surface area contributed by atoms with Crippen LogP contribution in [0.5, 0.6) is 0 Å². The van der Waals surface area contributed by atoms with Gasteiger partial charge in [-0.05, 0) is 76.1 Å². The fourth-order valence-corrected chi connectivity index (χ4v) is 7.59. The normalized spacial score (nSPS) is 13.5. The molecule has 5 N–H and O–H groups in total. The second-order valence-electron chi connectivity index (χ2n) is 14.1. The Morgan fingerprint density at radius 2 is 1.41 bits per heavy atom. The number of hydrogen-bond acceptors (Lipinski definition) is 4. The molecule has 1 aliphatic rings. The molecule has 7 nitrogen and oxygen atoms in total. The number of benzene rings is 5. The van der Waals surface area contributed by atoms with Gasteiger partial charge in [0.25, 0.3) is 5.91 Å². The van der Waals surface area contributed by atoms with Crippen molar-refractivity contribution in [1.82, 2.24) is 14.5 Å². The second kappa shape index (κ2) is 15.7. The first kappa shape index (κ1) is 34.2. The van der Waals surface area contributed by atoms with Crippen molar-refractivity contribution in [1.29, 1.82) is 5.41 Å². The van der Waals surface area contributed by atoms with E-state index in [-0.39, 0.29) is 11.7 Å². The maximum absolute atomic E-state index is 14.4. The Morgan fingerprint density at radius 3 is 2.16 bits per heavy atom. The third-order valence-electron chi connectivity index (χ3n) is 10.6. The summed E-state index contributed by atoms with van der Waals surface area (Å²) in [4.78, 5) is 21.6. The molecule has 1 saturated carbocycles. The summed E-state index contributed by atoms with van der Waals surface area (Å²) in [5.74, 6) is 1.87. The van der Waals surface area contributed by atoms with Crippen LogP contribution >= 0.6 is 0 Å². The van der Waals surface area contributed by atoms with Gasteiger partial charge in [-0.1, -0.05) is 117 Å². The number of amides is 1. The smallest absolute Gasteiger partial charge is 0.254 e. The van der Waals surface area contributed by atoms with Crippen LogP contribution in [0.15, 0.2) is 109 Å². The standard InChI is InChI=1S/C44H48N6O/c45-28-33-10-12-34(13-11-33)29-49(30-35-16-18-36-8-4-5-9-38(36)26-35)44(51)39-21-22-41-40(27-39)48-42(50(41)25-24-31-6-2-1-3-7-31)23-17-32-14-19-37(20-15-32)43(46)47/h4-5,8-16,18-22,26-27,31H,1-3,6-7,17,23-25,28-30,45H2,(H3,46,47). The van der Waals surface area contributed by atoms with E-state index < -0.39 is 0 Å². The molecule has 5 aromatic carbocycles. The van der Waals surface area contributed by atoms with Crippen LogP contribution in [0, 0.1) is 11.3 Å². The summed E-state index contributed by atoms with van der Waals surface area (Å²) < 4.78 is 2.40. The van der Waals surface area contributed by atoms with Crippen molar-refractivity contribution in [3.63, 3.8) is 0 Å². The Kier molecular flexibility index (Phi) is 10.5. The van der Waals surface area contributed by atoms with E-state index in [0.717, 1.165) is 76.2 Å². The fourth-order valence-electron chi connectivity index (χ4n) is 7.59. The molecular formula is C44H48N6O. The highest BCUT2D eigenvalue weighted by molar-refractivity contribution is 5.97. The van der Waals surface area contributed by atoms with Crippen LogP contribution < -0.4 is 11.5 Å². The van der Waals surface area contributed by atoms with E-state index in [0.29, 0.717) is 25.2 Å². The fraction of sp³-hybridized carbons (Fsp3) is 0.295. The average Bonchev–Trinajstić information content (AvgIpc) is 3.53. The number of nitrogens with one attached hydrogen (secondary N) is 1. The third kappa shape index (κ3) is 8.21. The summed E-state index contributed by atoms with van der Waals surface area (Å²) in [7, 11) is 0. The van der Waals surface area contributed by atoms with E-state index in [1.165, 1.54) is 43.1 Å². The number of rotatable bonds is 13. The lowest BCUT2D eigenvalue weighted by molar-refractivity contribution is 0.0730. The molecule has 0 atom stereocenters. The molecule has 0 saturated heterocycles. The van der Waals surface area contributed by atoms with Crippen molar-refractivity contribution < 1.29 is 4.79 Å². The molecular weight excluding hydrogens is 629 g/mol. The highest BCUT2D eigenvalue weighted by Gasteiger charge is 2.21. The predicted octanol–water partition coefficient (Wildman–Crippen LogP) is 8.53. The summed E-state index contributed by atoms with van der Waals surface area (Å²) in [6, 6.07) is 37.0. The summed E-state index contributed by atoms with van der Waals surface area (Å²) in [5, 5.41) is 10.1. The topological polar surface area (TPSA) is 114 Å². The van der Waals surface area contributed by atoms with E-state index >= 15 is 0 Å². The molecule has 1 aromatic heterocycles. The summed E-state index contributed by atoms with van der Waals surface area (Å²) in [6.07, 6.45) is 9.40. The van der Waals surface area contributed by atoms with Gasteiger partial charge in [0.05, 0.1) is 11.0 Å². The van der Waals surface area contributed by atoms with Crippen molar-refractivity contribution in [2.24, 2.45) is 17.4 Å². The van der Waals surface area contributed by atoms with E-state index in [9.17, 15) is 4.79 Å². The maximum Gasteiger partial charge on any atom is 0.254 e. The molecule has 1 amide bonds. The molecule has 260 valence electrons. The monoisotopic (exact) mass is 676 g/mol. The van der Waals surface area contributed by atoms with E-state index in [1.54, 1.807) is 0 Å². The molecule has 7 rings (SSSR count). The first-order valence-electron chi connectivity index (χ1n) is 18.4. The third-order valence-corrected chi connectivity index (χ3v) is 10.6. The van der Waals surface area contributed by atoms with Gasteiger partial charge in [-0.3, -0.25) is 10.2 Å². The van der Waals surface area contributed by atoms with Crippen LogP contribution in [0.25, 0.3) is 21.8 Å². The van der Waals surface area contributed by atoms with Crippen LogP contribution in [-0.4, -0.2) is 26.2 Å². The van der Waals surface area contributed by atoms with Crippen molar-refractivity contribution in [2.75, 3.05) is 0 Å². The van der Waals surface area contributed by atoms with Crippen LogP contribution in [0.4, 0.5) is 0 Å². The number of nitrogens with two attached hydrogens (primary N) is 2. The number of aromatic nitrogens is 2. The summed E-state index contributed by atoms with van der Waals surface area (Å²) >= 11 is 0. The van der Waals surface area contributed by atoms with Gasteiger partial charge in [0.15, 0.2) is 0 Å². The summed E-state index contributed by atoms with van der Waals surface area (Å²) in [6.45, 7) is 2.39. The van der Waals surface area contributed by atoms with Crippen LogP contribution in [-0.2, 0) is 39.0 Å². The van der Waals surface area contributed by atoms with E-state index in [1.807, 2.05) is 41.3 Å². The second-order valence-corrected chi connectivity index (χ2v) is 14.1. The van der Waals surface area contributed by atoms with Crippen LogP contribution in [0.2, 0.25) is 0 Å². The minimum atomic E-state index is -0.0168. The Hall–Kier alpha value is -5.27. The minimum absolute atomic E-state index is 0.0168. The van der Waals surface area contributed by atoms with E-state index in [4.69, 9.17) is 21.9 Å². The zero-order valence-corrected chi connectivity index (χ0v) is 29.4. The Balaban J connectivity index is 1.18. The predicted molar refractivity (Wildman–Crippen MR) is 208 cm³/mol.